The van der Waals surface area contributed by atoms with E-state index in [1.165, 1.54) is 16.1 Å². The first-order valence-electron chi connectivity index (χ1n) is 6.30. The molecule has 1 aromatic carbocycles. The summed E-state index contributed by atoms with van der Waals surface area (Å²) in [6.45, 7) is 3.34. The maximum absolute atomic E-state index is 10.9. The summed E-state index contributed by atoms with van der Waals surface area (Å²) in [7, 11) is 0. The van der Waals surface area contributed by atoms with Crippen LogP contribution in [0.1, 0.15) is 19.4 Å². The largest absolute Gasteiger partial charge is 0.456 e. The Morgan fingerprint density at radius 1 is 1.32 bits per heavy atom. The van der Waals surface area contributed by atoms with Crippen molar-refractivity contribution in [1.29, 1.82) is 0 Å². The van der Waals surface area contributed by atoms with E-state index in [2.05, 4.69) is 46.9 Å². The molecule has 0 saturated heterocycles. The van der Waals surface area contributed by atoms with Crippen LogP contribution >= 0.6 is 22.6 Å². The summed E-state index contributed by atoms with van der Waals surface area (Å²) in [4.78, 5) is 10.9. The summed E-state index contributed by atoms with van der Waals surface area (Å²) in [6, 6.07) is 8.41. The zero-order chi connectivity index (χ0) is 13.8. The predicted molar refractivity (Wildman–Crippen MR) is 81.9 cm³/mol. The second kappa shape index (κ2) is 6.52. The molecule has 0 fully saturated rings. The maximum atomic E-state index is 10.9. The number of halogens is 1. The lowest BCUT2D eigenvalue weighted by Crippen LogP contribution is -2.36. The number of hydrogen-bond donors (Lipinski definition) is 0. The Morgan fingerprint density at radius 2 is 2.00 bits per heavy atom. The quantitative estimate of drug-likeness (QED) is 0.465. The summed E-state index contributed by atoms with van der Waals surface area (Å²) in [5.41, 5.74) is 1.24. The van der Waals surface area contributed by atoms with Crippen LogP contribution < -0.4 is 0 Å². The van der Waals surface area contributed by atoms with Gasteiger partial charge in [0.2, 0.25) is 0 Å². The summed E-state index contributed by atoms with van der Waals surface area (Å²) in [6.07, 6.45) is 4.40. The molecule has 0 aromatic heterocycles. The van der Waals surface area contributed by atoms with Crippen LogP contribution in [0.15, 0.2) is 36.4 Å². The van der Waals surface area contributed by atoms with E-state index in [1.54, 1.807) is 0 Å². The van der Waals surface area contributed by atoms with Gasteiger partial charge in [-0.25, -0.2) is 0 Å². The molecule has 1 aliphatic heterocycles. The molecule has 0 unspecified atom stereocenters. The lowest BCUT2D eigenvalue weighted by molar-refractivity contribution is -0.153. The second-order valence-electron chi connectivity index (χ2n) is 4.67. The Bertz CT molecular complexity index is 467. The number of rotatable bonds is 3. The third-order valence-corrected chi connectivity index (χ3v) is 3.74. The molecule has 0 saturated carbocycles. The van der Waals surface area contributed by atoms with Crippen LogP contribution in [0.25, 0.3) is 0 Å². The zero-order valence-electron chi connectivity index (χ0n) is 11.0. The Hall–Kier alpha value is -0.880. The van der Waals surface area contributed by atoms with E-state index in [4.69, 9.17) is 9.47 Å². The van der Waals surface area contributed by atoms with Gasteiger partial charge >= 0.3 is 5.97 Å². The van der Waals surface area contributed by atoms with Crippen molar-refractivity contribution in [2.24, 2.45) is 0 Å². The van der Waals surface area contributed by atoms with E-state index < -0.39 is 0 Å². The van der Waals surface area contributed by atoms with Crippen molar-refractivity contribution in [2.45, 2.75) is 38.6 Å². The van der Waals surface area contributed by atoms with E-state index in [0.29, 0.717) is 0 Å². The molecule has 3 atom stereocenters. The fourth-order valence-electron chi connectivity index (χ4n) is 2.08. The normalized spacial score (nSPS) is 26.2. The van der Waals surface area contributed by atoms with Crippen LogP contribution in [0.4, 0.5) is 0 Å². The average Bonchev–Trinajstić information content (AvgIpc) is 2.35. The summed E-state index contributed by atoms with van der Waals surface area (Å²) < 4.78 is 12.3. The standard InChI is InChI=1S/C15H17IO3/c1-10-15(19-11(2)17)8-7-14(18-10)9-12-3-5-13(16)6-4-12/h3-8,10,14-15H,9H2,1-2H3/t10-,14-,15+/m0/s1. The molecule has 4 heteroatoms. The number of esters is 1. The van der Waals surface area contributed by atoms with Crippen molar-refractivity contribution >= 4 is 28.6 Å². The lowest BCUT2D eigenvalue weighted by Gasteiger charge is -2.29. The number of carbonyl (C=O) groups excluding carboxylic acids is 1. The molecule has 3 nitrogen and oxygen atoms in total. The molecule has 1 aromatic rings. The molecule has 1 heterocycles. The number of carbonyl (C=O) groups is 1. The van der Waals surface area contributed by atoms with Gasteiger partial charge in [0.1, 0.15) is 6.10 Å². The van der Waals surface area contributed by atoms with Crippen molar-refractivity contribution in [2.75, 3.05) is 0 Å². The Kier molecular flexibility index (Phi) is 4.99. The Labute approximate surface area is 127 Å². The monoisotopic (exact) mass is 372 g/mol. The van der Waals surface area contributed by atoms with E-state index in [9.17, 15) is 4.79 Å². The van der Waals surface area contributed by atoms with Crippen LogP contribution in [0.2, 0.25) is 0 Å². The fourth-order valence-corrected chi connectivity index (χ4v) is 2.44. The number of benzene rings is 1. The summed E-state index contributed by atoms with van der Waals surface area (Å²) in [5.74, 6) is -0.277. The first kappa shape index (κ1) is 14.5. The molecule has 102 valence electrons. The van der Waals surface area contributed by atoms with Crippen molar-refractivity contribution in [3.05, 3.63) is 45.6 Å². The van der Waals surface area contributed by atoms with Gasteiger partial charge in [-0.05, 0) is 53.3 Å². The highest BCUT2D eigenvalue weighted by atomic mass is 127. The molecule has 0 N–H and O–H groups in total. The molecule has 1 aliphatic rings. The smallest absolute Gasteiger partial charge is 0.303 e. The SMILES string of the molecule is CC(=O)O[C@@H]1C=C[C@@H](Cc2ccc(I)cc2)O[C@H]1C. The van der Waals surface area contributed by atoms with Crippen LogP contribution in [-0.2, 0) is 20.7 Å². The fraction of sp³-hybridized carbons (Fsp3) is 0.400. The van der Waals surface area contributed by atoms with Gasteiger partial charge in [0.05, 0.1) is 12.2 Å². The minimum Gasteiger partial charge on any atom is -0.456 e. The third-order valence-electron chi connectivity index (χ3n) is 3.02. The topological polar surface area (TPSA) is 35.5 Å². The molecule has 0 spiro atoms. The van der Waals surface area contributed by atoms with Gasteiger partial charge in [-0.1, -0.05) is 18.2 Å². The average molecular weight is 372 g/mol. The number of hydrogen-bond acceptors (Lipinski definition) is 3. The minimum atomic E-state index is -0.277. The van der Waals surface area contributed by atoms with E-state index in [1.807, 2.05) is 19.1 Å². The van der Waals surface area contributed by atoms with Crippen LogP contribution in [0.5, 0.6) is 0 Å². The molecule has 0 amide bonds. The van der Waals surface area contributed by atoms with Crippen LogP contribution in [0.3, 0.4) is 0 Å². The summed E-state index contributed by atoms with van der Waals surface area (Å²) >= 11 is 2.29. The van der Waals surface area contributed by atoms with E-state index in [0.717, 1.165) is 6.42 Å². The van der Waals surface area contributed by atoms with E-state index in [-0.39, 0.29) is 24.3 Å². The Balaban J connectivity index is 1.97. The minimum absolute atomic E-state index is 0.0434. The molecule has 0 aliphatic carbocycles. The maximum Gasteiger partial charge on any atom is 0.303 e. The number of ether oxygens (including phenoxy) is 2. The Morgan fingerprint density at radius 3 is 2.58 bits per heavy atom. The molecule has 19 heavy (non-hydrogen) atoms. The molecule has 0 radical (unpaired) electrons. The van der Waals surface area contributed by atoms with Gasteiger partial charge in [0, 0.05) is 16.9 Å². The van der Waals surface area contributed by atoms with Crippen molar-refractivity contribution in [3.63, 3.8) is 0 Å². The third kappa shape index (κ3) is 4.31. The van der Waals surface area contributed by atoms with Gasteiger partial charge in [0.25, 0.3) is 0 Å². The molecule has 0 bridgehead atoms. The van der Waals surface area contributed by atoms with Gasteiger partial charge in [-0.3, -0.25) is 4.79 Å². The van der Waals surface area contributed by atoms with Gasteiger partial charge < -0.3 is 9.47 Å². The second-order valence-corrected chi connectivity index (χ2v) is 5.91. The van der Waals surface area contributed by atoms with Crippen molar-refractivity contribution < 1.29 is 14.3 Å². The van der Waals surface area contributed by atoms with Crippen molar-refractivity contribution in [3.8, 4) is 0 Å². The lowest BCUT2D eigenvalue weighted by atomic mass is 10.0. The molecular weight excluding hydrogens is 355 g/mol. The molecular formula is C15H17IO3. The van der Waals surface area contributed by atoms with Gasteiger partial charge in [0.15, 0.2) is 0 Å². The zero-order valence-corrected chi connectivity index (χ0v) is 13.2. The predicted octanol–water partition coefficient (Wildman–Crippen LogP) is 3.11. The van der Waals surface area contributed by atoms with E-state index >= 15 is 0 Å². The van der Waals surface area contributed by atoms with Crippen LogP contribution in [0, 0.1) is 3.57 Å². The van der Waals surface area contributed by atoms with Gasteiger partial charge in [-0.15, -0.1) is 0 Å². The van der Waals surface area contributed by atoms with Crippen LogP contribution in [-0.4, -0.2) is 24.3 Å². The first-order valence-corrected chi connectivity index (χ1v) is 7.38. The first-order chi connectivity index (χ1) is 9.04. The highest BCUT2D eigenvalue weighted by Crippen LogP contribution is 2.19. The van der Waals surface area contributed by atoms with Crippen molar-refractivity contribution in [1.82, 2.24) is 0 Å². The van der Waals surface area contributed by atoms with Gasteiger partial charge in [-0.2, -0.15) is 0 Å². The highest BCUT2D eigenvalue weighted by molar-refractivity contribution is 14.1. The molecule has 2 rings (SSSR count). The summed E-state index contributed by atoms with van der Waals surface area (Å²) in [5, 5.41) is 0. The highest BCUT2D eigenvalue weighted by Gasteiger charge is 2.25.